The van der Waals surface area contributed by atoms with Crippen LogP contribution in [0.3, 0.4) is 0 Å². The summed E-state index contributed by atoms with van der Waals surface area (Å²) in [5.74, 6) is 0. The molecule has 2 heteroatoms. The molecule has 0 radical (unpaired) electrons. The Bertz CT molecular complexity index is 386. The van der Waals surface area contributed by atoms with Crippen LogP contribution in [0.5, 0.6) is 0 Å². The van der Waals surface area contributed by atoms with E-state index >= 15 is 0 Å². The largest absolute Gasteiger partial charge is 0.353 e. The van der Waals surface area contributed by atoms with E-state index in [4.69, 9.17) is 0 Å². The molecule has 1 aromatic carbocycles. The van der Waals surface area contributed by atoms with Crippen molar-refractivity contribution in [2.45, 2.75) is 45.7 Å². The van der Waals surface area contributed by atoms with E-state index in [1.165, 1.54) is 31.2 Å². The second-order valence-corrected chi connectivity index (χ2v) is 5.21. The number of unbranched alkanes of at least 4 members (excludes halogenated alkanes) is 3. The summed E-state index contributed by atoms with van der Waals surface area (Å²) in [6.07, 6.45) is 10.2. The Labute approximate surface area is 117 Å². The summed E-state index contributed by atoms with van der Waals surface area (Å²) in [7, 11) is 0. The Morgan fingerprint density at radius 3 is 2.32 bits per heavy atom. The molecular formula is C17H26N2. The molecule has 0 saturated heterocycles. The molecule has 0 N–H and O–H groups in total. The van der Waals surface area contributed by atoms with Crippen LogP contribution in [0.25, 0.3) is 0 Å². The van der Waals surface area contributed by atoms with E-state index in [0.29, 0.717) is 6.17 Å². The molecule has 0 aliphatic carbocycles. The van der Waals surface area contributed by atoms with E-state index < -0.39 is 0 Å². The molecule has 2 rings (SSSR count). The Hall–Kier alpha value is -1.44. The summed E-state index contributed by atoms with van der Waals surface area (Å²) in [6.45, 7) is 6.70. The Morgan fingerprint density at radius 1 is 0.895 bits per heavy atom. The van der Waals surface area contributed by atoms with E-state index in [1.807, 2.05) is 0 Å². The van der Waals surface area contributed by atoms with Gasteiger partial charge >= 0.3 is 0 Å². The fourth-order valence-electron chi connectivity index (χ4n) is 2.73. The van der Waals surface area contributed by atoms with Gasteiger partial charge in [0, 0.05) is 25.5 Å². The lowest BCUT2D eigenvalue weighted by Gasteiger charge is -2.32. The monoisotopic (exact) mass is 258 g/mol. The predicted octanol–water partition coefficient (Wildman–Crippen LogP) is 4.37. The first-order valence-electron chi connectivity index (χ1n) is 7.61. The predicted molar refractivity (Wildman–Crippen MR) is 81.6 cm³/mol. The van der Waals surface area contributed by atoms with Crippen molar-refractivity contribution < 1.29 is 0 Å². The summed E-state index contributed by atoms with van der Waals surface area (Å²) in [4.78, 5) is 4.89. The fraction of sp³-hybridized carbons (Fsp3) is 0.529. The van der Waals surface area contributed by atoms with Crippen molar-refractivity contribution in [3.05, 3.63) is 48.3 Å². The minimum absolute atomic E-state index is 0.396. The van der Waals surface area contributed by atoms with Gasteiger partial charge in [-0.15, -0.1) is 0 Å². The van der Waals surface area contributed by atoms with E-state index in [2.05, 4.69) is 66.4 Å². The van der Waals surface area contributed by atoms with Crippen LogP contribution in [0.1, 0.15) is 51.3 Å². The van der Waals surface area contributed by atoms with Gasteiger partial charge in [-0.05, 0) is 18.9 Å². The lowest BCUT2D eigenvalue weighted by molar-refractivity contribution is 0.157. The minimum atomic E-state index is 0.396. The molecule has 104 valence electrons. The van der Waals surface area contributed by atoms with Crippen molar-refractivity contribution >= 4 is 0 Å². The van der Waals surface area contributed by atoms with Gasteiger partial charge < -0.3 is 9.80 Å². The molecule has 0 amide bonds. The van der Waals surface area contributed by atoms with Crippen molar-refractivity contribution in [2.24, 2.45) is 0 Å². The number of hydrogen-bond donors (Lipinski definition) is 0. The smallest absolute Gasteiger partial charge is 0.127 e. The van der Waals surface area contributed by atoms with E-state index in [0.717, 1.165) is 13.1 Å². The quantitative estimate of drug-likeness (QED) is 0.670. The molecule has 1 unspecified atom stereocenters. The topological polar surface area (TPSA) is 6.48 Å². The lowest BCUT2D eigenvalue weighted by Crippen LogP contribution is -2.31. The van der Waals surface area contributed by atoms with Crippen LogP contribution in [0, 0.1) is 0 Å². The van der Waals surface area contributed by atoms with Gasteiger partial charge in [0.25, 0.3) is 0 Å². The first-order valence-corrected chi connectivity index (χ1v) is 7.61. The molecule has 19 heavy (non-hydrogen) atoms. The normalized spacial score (nSPS) is 18.3. The van der Waals surface area contributed by atoms with Gasteiger partial charge in [0.1, 0.15) is 6.17 Å². The second kappa shape index (κ2) is 7.22. The van der Waals surface area contributed by atoms with Gasteiger partial charge in [-0.1, -0.05) is 56.5 Å². The number of hydrogen-bond acceptors (Lipinski definition) is 2. The fourth-order valence-corrected chi connectivity index (χ4v) is 2.73. The van der Waals surface area contributed by atoms with Crippen molar-refractivity contribution in [3.8, 4) is 0 Å². The van der Waals surface area contributed by atoms with Gasteiger partial charge in [0.15, 0.2) is 0 Å². The van der Waals surface area contributed by atoms with Crippen LogP contribution in [0.2, 0.25) is 0 Å². The van der Waals surface area contributed by atoms with Crippen LogP contribution in [0.4, 0.5) is 0 Å². The average Bonchev–Trinajstić information content (AvgIpc) is 2.87. The third-order valence-electron chi connectivity index (χ3n) is 3.81. The first kappa shape index (κ1) is 14.0. The van der Waals surface area contributed by atoms with Crippen molar-refractivity contribution in [3.63, 3.8) is 0 Å². The van der Waals surface area contributed by atoms with Crippen LogP contribution >= 0.6 is 0 Å². The van der Waals surface area contributed by atoms with Crippen LogP contribution in [-0.4, -0.2) is 22.9 Å². The van der Waals surface area contributed by atoms with E-state index in [-0.39, 0.29) is 0 Å². The highest BCUT2D eigenvalue weighted by atomic mass is 15.4. The number of rotatable bonds is 7. The van der Waals surface area contributed by atoms with Crippen LogP contribution in [0.15, 0.2) is 42.7 Å². The van der Waals surface area contributed by atoms with Gasteiger partial charge in [-0.2, -0.15) is 0 Å². The van der Waals surface area contributed by atoms with Gasteiger partial charge in [0.05, 0.1) is 0 Å². The molecule has 2 nitrogen and oxygen atoms in total. The summed E-state index contributed by atoms with van der Waals surface area (Å²) in [6, 6.07) is 10.8. The van der Waals surface area contributed by atoms with Crippen molar-refractivity contribution in [2.75, 3.05) is 13.1 Å². The Morgan fingerprint density at radius 2 is 1.63 bits per heavy atom. The third kappa shape index (κ3) is 3.52. The number of benzene rings is 1. The molecule has 1 heterocycles. The van der Waals surface area contributed by atoms with Gasteiger partial charge in [-0.25, -0.2) is 0 Å². The molecular weight excluding hydrogens is 232 g/mol. The van der Waals surface area contributed by atoms with Crippen LogP contribution in [-0.2, 0) is 0 Å². The Kier molecular flexibility index (Phi) is 5.31. The Balaban J connectivity index is 1.99. The maximum Gasteiger partial charge on any atom is 0.127 e. The molecule has 0 spiro atoms. The molecule has 1 aliphatic rings. The zero-order valence-corrected chi connectivity index (χ0v) is 12.3. The van der Waals surface area contributed by atoms with Gasteiger partial charge in [0.2, 0.25) is 0 Å². The van der Waals surface area contributed by atoms with Crippen LogP contribution < -0.4 is 0 Å². The summed E-state index contributed by atoms with van der Waals surface area (Å²) in [5.41, 5.74) is 1.39. The highest BCUT2D eigenvalue weighted by Crippen LogP contribution is 2.30. The zero-order chi connectivity index (χ0) is 13.5. The van der Waals surface area contributed by atoms with E-state index in [1.54, 1.807) is 0 Å². The zero-order valence-electron chi connectivity index (χ0n) is 12.3. The van der Waals surface area contributed by atoms with Gasteiger partial charge in [-0.3, -0.25) is 0 Å². The maximum atomic E-state index is 2.48. The van der Waals surface area contributed by atoms with Crippen molar-refractivity contribution in [1.29, 1.82) is 0 Å². The summed E-state index contributed by atoms with van der Waals surface area (Å²) < 4.78 is 0. The molecule has 1 atom stereocenters. The van der Waals surface area contributed by atoms with Crippen molar-refractivity contribution in [1.82, 2.24) is 9.80 Å². The third-order valence-corrected chi connectivity index (χ3v) is 3.81. The standard InChI is InChI=1S/C17H26N2/c1-3-5-6-10-13-19-15-14-18(4-2)17(19)16-11-8-7-9-12-16/h7-9,11-12,14-15,17H,3-6,10,13H2,1-2H3. The highest BCUT2D eigenvalue weighted by Gasteiger charge is 2.25. The number of nitrogens with zero attached hydrogens (tertiary/aromatic N) is 2. The molecule has 1 aliphatic heterocycles. The molecule has 1 aromatic rings. The molecule has 0 aromatic heterocycles. The summed E-state index contributed by atoms with van der Waals surface area (Å²) in [5, 5.41) is 0. The molecule has 0 fully saturated rings. The maximum absolute atomic E-state index is 2.48. The summed E-state index contributed by atoms with van der Waals surface area (Å²) >= 11 is 0. The lowest BCUT2D eigenvalue weighted by atomic mass is 10.1. The first-order chi connectivity index (χ1) is 9.36. The van der Waals surface area contributed by atoms with E-state index in [9.17, 15) is 0 Å². The average molecular weight is 258 g/mol. The highest BCUT2D eigenvalue weighted by molar-refractivity contribution is 5.21. The second-order valence-electron chi connectivity index (χ2n) is 5.21. The molecule has 0 saturated carbocycles. The SMILES string of the molecule is CCCCCCN1C=CN(CC)C1c1ccccc1. The minimum Gasteiger partial charge on any atom is -0.353 e. The molecule has 0 bridgehead atoms.